The molecule has 2 aliphatic heterocycles. The number of amides is 2. The quantitative estimate of drug-likeness (QED) is 0.703. The number of nitrogens with one attached hydrogen (secondary N) is 1. The third-order valence-corrected chi connectivity index (χ3v) is 5.57. The van der Waals surface area contributed by atoms with Gasteiger partial charge in [-0.1, -0.05) is 12.1 Å². The van der Waals surface area contributed by atoms with Gasteiger partial charge in [0.05, 0.1) is 37.3 Å². The molecule has 33 heavy (non-hydrogen) atoms. The number of carbonyl (C=O) groups is 3. The smallest absolute Gasteiger partial charge is 0.340 e. The van der Waals surface area contributed by atoms with Crippen LogP contribution >= 0.6 is 0 Å². The van der Waals surface area contributed by atoms with Gasteiger partial charge in [0.2, 0.25) is 5.91 Å². The Balaban J connectivity index is 1.58. The zero-order valence-electron chi connectivity index (χ0n) is 18.7. The molecule has 0 aromatic heterocycles. The Hall–Kier alpha value is -3.72. The summed E-state index contributed by atoms with van der Waals surface area (Å²) in [5.41, 5.74) is 3.22. The molecule has 1 fully saturated rings. The summed E-state index contributed by atoms with van der Waals surface area (Å²) in [5, 5.41) is 8.34. The lowest BCUT2D eigenvalue weighted by Gasteiger charge is -2.29. The van der Waals surface area contributed by atoms with E-state index >= 15 is 0 Å². The highest BCUT2D eigenvalue weighted by Crippen LogP contribution is 2.26. The van der Waals surface area contributed by atoms with Crippen LogP contribution in [0.1, 0.15) is 28.8 Å². The van der Waals surface area contributed by atoms with Crippen molar-refractivity contribution in [2.24, 2.45) is 5.10 Å². The van der Waals surface area contributed by atoms with Crippen LogP contribution in [0.25, 0.3) is 0 Å². The van der Waals surface area contributed by atoms with Crippen molar-refractivity contribution >= 4 is 40.6 Å². The molecule has 1 saturated heterocycles. The summed E-state index contributed by atoms with van der Waals surface area (Å²) in [7, 11) is 1.30. The van der Waals surface area contributed by atoms with E-state index in [2.05, 4.69) is 15.3 Å². The molecule has 9 heteroatoms. The van der Waals surface area contributed by atoms with Crippen LogP contribution in [0.3, 0.4) is 0 Å². The number of hydrazone groups is 1. The Morgan fingerprint density at radius 3 is 2.58 bits per heavy atom. The monoisotopic (exact) mass is 450 g/mol. The average Bonchev–Trinajstić information content (AvgIpc) is 2.84. The van der Waals surface area contributed by atoms with Crippen LogP contribution in [0, 0.1) is 6.92 Å². The maximum Gasteiger partial charge on any atom is 0.340 e. The summed E-state index contributed by atoms with van der Waals surface area (Å²) >= 11 is 0. The van der Waals surface area contributed by atoms with Gasteiger partial charge in [-0.3, -0.25) is 9.59 Å². The van der Waals surface area contributed by atoms with Gasteiger partial charge in [0.15, 0.2) is 0 Å². The van der Waals surface area contributed by atoms with Gasteiger partial charge in [0, 0.05) is 31.6 Å². The minimum Gasteiger partial charge on any atom is -0.465 e. The standard InChI is InChI=1S/C24H26N4O5/c1-16-4-3-5-18(14-16)28-22(29)9-8-21(26-28)23(30)25-20-7-6-17(15-19(20)24(31)32-2)27-10-12-33-13-11-27/h3-7,14-15H,8-13H2,1-2H3,(H,25,30). The van der Waals surface area contributed by atoms with E-state index in [0.29, 0.717) is 37.7 Å². The highest BCUT2D eigenvalue weighted by atomic mass is 16.5. The summed E-state index contributed by atoms with van der Waals surface area (Å²) in [6, 6.07) is 12.6. The van der Waals surface area contributed by atoms with Gasteiger partial charge in [-0.2, -0.15) is 5.10 Å². The van der Waals surface area contributed by atoms with Crippen molar-refractivity contribution in [3.8, 4) is 0 Å². The molecule has 172 valence electrons. The number of rotatable bonds is 5. The summed E-state index contributed by atoms with van der Waals surface area (Å²) in [6.45, 7) is 4.58. The third kappa shape index (κ3) is 5.04. The van der Waals surface area contributed by atoms with Crippen LogP contribution in [0.2, 0.25) is 0 Å². The molecule has 4 rings (SSSR count). The van der Waals surface area contributed by atoms with Crippen LogP contribution in [-0.4, -0.2) is 56.9 Å². The minimum absolute atomic E-state index is 0.167. The molecule has 1 N–H and O–H groups in total. The SMILES string of the molecule is COC(=O)c1cc(N2CCOCC2)ccc1NC(=O)C1=NN(c2cccc(C)c2)C(=O)CC1. The Bertz CT molecular complexity index is 1110. The topological polar surface area (TPSA) is 101 Å². The maximum absolute atomic E-state index is 13.0. The van der Waals surface area contributed by atoms with Gasteiger partial charge in [0.1, 0.15) is 5.71 Å². The number of nitrogens with zero attached hydrogens (tertiary/aromatic N) is 3. The molecule has 0 atom stereocenters. The predicted octanol–water partition coefficient (Wildman–Crippen LogP) is 2.74. The van der Waals surface area contributed by atoms with Gasteiger partial charge in [-0.25, -0.2) is 9.80 Å². The lowest BCUT2D eigenvalue weighted by molar-refractivity contribution is -0.118. The van der Waals surface area contributed by atoms with Crippen molar-refractivity contribution in [1.29, 1.82) is 0 Å². The lowest BCUT2D eigenvalue weighted by Crippen LogP contribution is -2.37. The first kappa shape index (κ1) is 22.5. The number of morpholine rings is 1. The van der Waals surface area contributed by atoms with Crippen LogP contribution in [0.15, 0.2) is 47.6 Å². The van der Waals surface area contributed by atoms with Gasteiger partial charge >= 0.3 is 5.97 Å². The summed E-state index contributed by atoms with van der Waals surface area (Å²) in [5.74, 6) is -1.20. The van der Waals surface area contributed by atoms with E-state index in [1.54, 1.807) is 18.2 Å². The Morgan fingerprint density at radius 1 is 1.06 bits per heavy atom. The van der Waals surface area contributed by atoms with Crippen molar-refractivity contribution in [1.82, 2.24) is 0 Å². The minimum atomic E-state index is -0.553. The van der Waals surface area contributed by atoms with Crippen molar-refractivity contribution in [3.63, 3.8) is 0 Å². The number of benzene rings is 2. The predicted molar refractivity (Wildman–Crippen MR) is 125 cm³/mol. The molecule has 2 aromatic rings. The molecule has 2 aliphatic rings. The molecule has 2 aromatic carbocycles. The molecule has 0 aliphatic carbocycles. The van der Waals surface area contributed by atoms with Crippen LogP contribution in [0.5, 0.6) is 0 Å². The maximum atomic E-state index is 13.0. The van der Waals surface area contributed by atoms with Gasteiger partial charge < -0.3 is 19.7 Å². The van der Waals surface area contributed by atoms with Crippen molar-refractivity contribution in [3.05, 3.63) is 53.6 Å². The fourth-order valence-electron chi connectivity index (χ4n) is 3.81. The first-order valence-corrected chi connectivity index (χ1v) is 10.8. The number of methoxy groups -OCH3 is 1. The fourth-order valence-corrected chi connectivity index (χ4v) is 3.81. The highest BCUT2D eigenvalue weighted by molar-refractivity contribution is 6.44. The van der Waals surface area contributed by atoms with E-state index in [1.807, 2.05) is 31.2 Å². The number of aryl methyl sites for hydroxylation is 1. The first-order chi connectivity index (χ1) is 16.0. The van der Waals surface area contributed by atoms with Crippen molar-refractivity contribution in [2.45, 2.75) is 19.8 Å². The van der Waals surface area contributed by atoms with E-state index in [1.165, 1.54) is 12.1 Å². The number of hydrogen-bond acceptors (Lipinski definition) is 7. The number of anilines is 3. The second kappa shape index (κ2) is 9.83. The Labute approximate surface area is 192 Å². The van der Waals surface area contributed by atoms with E-state index in [-0.39, 0.29) is 30.0 Å². The van der Waals surface area contributed by atoms with Crippen LogP contribution in [0.4, 0.5) is 17.1 Å². The largest absolute Gasteiger partial charge is 0.465 e. The molecule has 2 amide bonds. The molecule has 0 radical (unpaired) electrons. The number of carbonyl (C=O) groups excluding carboxylic acids is 3. The Morgan fingerprint density at radius 2 is 1.85 bits per heavy atom. The normalized spacial score (nSPS) is 16.3. The molecule has 0 spiro atoms. The van der Waals surface area contributed by atoms with Crippen LogP contribution in [-0.2, 0) is 19.1 Å². The lowest BCUT2D eigenvalue weighted by atomic mass is 10.1. The van der Waals surface area contributed by atoms with Crippen LogP contribution < -0.4 is 15.2 Å². The van der Waals surface area contributed by atoms with Gasteiger partial charge in [-0.15, -0.1) is 0 Å². The zero-order chi connectivity index (χ0) is 23.4. The number of hydrogen-bond donors (Lipinski definition) is 1. The third-order valence-electron chi connectivity index (χ3n) is 5.57. The summed E-state index contributed by atoms with van der Waals surface area (Å²) < 4.78 is 10.3. The molecule has 2 heterocycles. The molecule has 0 unspecified atom stereocenters. The van der Waals surface area contributed by atoms with Gasteiger partial charge in [0.25, 0.3) is 5.91 Å². The molecular formula is C24H26N4O5. The second-order valence-electron chi connectivity index (χ2n) is 7.87. The number of esters is 1. The van der Waals surface area contributed by atoms with E-state index < -0.39 is 11.9 Å². The zero-order valence-corrected chi connectivity index (χ0v) is 18.7. The Kier molecular flexibility index (Phi) is 6.69. The van der Waals surface area contributed by atoms with Gasteiger partial charge in [-0.05, 0) is 42.8 Å². The van der Waals surface area contributed by atoms with Crippen molar-refractivity contribution in [2.75, 3.05) is 48.6 Å². The fraction of sp³-hybridized carbons (Fsp3) is 0.333. The van der Waals surface area contributed by atoms with E-state index in [4.69, 9.17) is 9.47 Å². The van der Waals surface area contributed by atoms with Crippen molar-refractivity contribution < 1.29 is 23.9 Å². The summed E-state index contributed by atoms with van der Waals surface area (Å²) in [4.78, 5) is 40.0. The summed E-state index contributed by atoms with van der Waals surface area (Å²) in [6.07, 6.45) is 0.381. The van der Waals surface area contributed by atoms with E-state index in [9.17, 15) is 14.4 Å². The molecular weight excluding hydrogens is 424 g/mol. The molecule has 0 bridgehead atoms. The molecule has 0 saturated carbocycles. The average molecular weight is 450 g/mol. The second-order valence-corrected chi connectivity index (χ2v) is 7.87. The molecule has 9 nitrogen and oxygen atoms in total. The van der Waals surface area contributed by atoms with E-state index in [0.717, 1.165) is 11.3 Å². The first-order valence-electron chi connectivity index (χ1n) is 10.8. The number of ether oxygens (including phenoxy) is 2. The highest BCUT2D eigenvalue weighted by Gasteiger charge is 2.27.